The predicted molar refractivity (Wildman–Crippen MR) is 70.0 cm³/mol. The van der Waals surface area contributed by atoms with E-state index in [1.54, 1.807) is 6.20 Å². The maximum Gasteiger partial charge on any atom is 0.239 e. The summed E-state index contributed by atoms with van der Waals surface area (Å²) in [5, 5.41) is 7.45. The molecule has 0 unspecified atom stereocenters. The molecule has 0 aliphatic rings. The highest BCUT2D eigenvalue weighted by molar-refractivity contribution is 5.45. The van der Waals surface area contributed by atoms with Gasteiger partial charge in [-0.1, -0.05) is 0 Å². The molecular weight excluding hydrogens is 230 g/mol. The first-order valence-electron chi connectivity index (χ1n) is 5.72. The smallest absolute Gasteiger partial charge is 0.239 e. The summed E-state index contributed by atoms with van der Waals surface area (Å²) >= 11 is 0. The Hall–Kier alpha value is -2.15. The maximum absolute atomic E-state index is 5.27. The van der Waals surface area contributed by atoms with E-state index in [2.05, 4.69) is 25.8 Å². The van der Waals surface area contributed by atoms with Crippen molar-refractivity contribution in [2.24, 2.45) is 5.84 Å². The largest absolute Gasteiger partial charge is 0.368 e. The second-order valence-corrected chi connectivity index (χ2v) is 4.08. The van der Waals surface area contributed by atoms with Gasteiger partial charge in [-0.2, -0.15) is 10.1 Å². The van der Waals surface area contributed by atoms with Gasteiger partial charge in [-0.05, 0) is 19.4 Å². The number of nitrogen functional groups attached to an aromatic ring is 1. The van der Waals surface area contributed by atoms with Crippen LogP contribution in [0.5, 0.6) is 0 Å². The van der Waals surface area contributed by atoms with Gasteiger partial charge in [0.15, 0.2) is 0 Å². The molecular formula is C11H17N7. The number of anilines is 2. The summed E-state index contributed by atoms with van der Waals surface area (Å²) in [5.41, 5.74) is 4.56. The first-order chi connectivity index (χ1) is 8.69. The molecule has 2 heterocycles. The zero-order valence-electron chi connectivity index (χ0n) is 10.5. The lowest BCUT2D eigenvalue weighted by molar-refractivity contribution is 0.636. The Morgan fingerprint density at radius 1 is 1.33 bits per heavy atom. The molecule has 0 aliphatic carbocycles. The quantitative estimate of drug-likeness (QED) is 0.531. The Labute approximate surface area is 105 Å². The highest BCUT2D eigenvalue weighted by Crippen LogP contribution is 2.11. The minimum Gasteiger partial charge on any atom is -0.368 e. The molecule has 0 amide bonds. The lowest BCUT2D eigenvalue weighted by atomic mass is 10.3. The third-order valence-corrected chi connectivity index (χ3v) is 2.50. The van der Waals surface area contributed by atoms with Gasteiger partial charge in [0.25, 0.3) is 0 Å². The van der Waals surface area contributed by atoms with E-state index in [-0.39, 0.29) is 0 Å². The highest BCUT2D eigenvalue weighted by atomic mass is 15.3. The van der Waals surface area contributed by atoms with E-state index in [1.165, 1.54) is 0 Å². The molecule has 0 radical (unpaired) electrons. The van der Waals surface area contributed by atoms with Crippen LogP contribution in [0.2, 0.25) is 0 Å². The molecule has 7 heteroatoms. The maximum atomic E-state index is 5.27. The van der Waals surface area contributed by atoms with Gasteiger partial charge in [-0.25, -0.2) is 10.8 Å². The molecule has 4 N–H and O–H groups in total. The van der Waals surface area contributed by atoms with E-state index in [9.17, 15) is 0 Å². The van der Waals surface area contributed by atoms with E-state index in [0.717, 1.165) is 30.0 Å². The molecule has 2 aromatic rings. The summed E-state index contributed by atoms with van der Waals surface area (Å²) in [6.45, 7) is 5.48. The molecule has 0 atom stereocenters. The van der Waals surface area contributed by atoms with E-state index in [0.29, 0.717) is 5.95 Å². The summed E-state index contributed by atoms with van der Waals surface area (Å²) in [4.78, 5) is 8.26. The Bertz CT molecular complexity index is 520. The summed E-state index contributed by atoms with van der Waals surface area (Å²) in [5.74, 6) is 6.45. The van der Waals surface area contributed by atoms with E-state index >= 15 is 0 Å². The number of nitrogens with one attached hydrogen (secondary N) is 2. The van der Waals surface area contributed by atoms with Crippen LogP contribution in [-0.2, 0) is 6.54 Å². The van der Waals surface area contributed by atoms with Gasteiger partial charge < -0.3 is 5.32 Å². The lowest BCUT2D eigenvalue weighted by Crippen LogP contribution is -2.15. The molecule has 0 aromatic carbocycles. The molecule has 7 nitrogen and oxygen atoms in total. The van der Waals surface area contributed by atoms with Crippen molar-refractivity contribution < 1.29 is 0 Å². The Balaban J connectivity index is 1.93. The van der Waals surface area contributed by atoms with Crippen LogP contribution in [0.15, 0.2) is 18.6 Å². The van der Waals surface area contributed by atoms with Gasteiger partial charge in [0, 0.05) is 24.5 Å². The van der Waals surface area contributed by atoms with Crippen LogP contribution in [-0.4, -0.2) is 26.3 Å². The molecule has 0 fully saturated rings. The number of aryl methyl sites for hydroxylation is 2. The number of hydrogen-bond donors (Lipinski definition) is 3. The fourth-order valence-corrected chi connectivity index (χ4v) is 1.57. The molecule has 0 bridgehead atoms. The van der Waals surface area contributed by atoms with Crippen LogP contribution in [0, 0.1) is 13.8 Å². The average Bonchev–Trinajstić information content (AvgIpc) is 2.77. The first kappa shape index (κ1) is 12.3. The Morgan fingerprint density at radius 3 is 2.83 bits per heavy atom. The molecule has 2 rings (SSSR count). The van der Waals surface area contributed by atoms with Crippen LogP contribution in [0.4, 0.5) is 11.8 Å². The van der Waals surface area contributed by atoms with Crippen molar-refractivity contribution in [1.82, 2.24) is 19.7 Å². The van der Waals surface area contributed by atoms with Crippen LogP contribution in [0.1, 0.15) is 11.1 Å². The molecule has 0 aliphatic heterocycles. The number of nitrogens with zero attached hydrogens (tertiary/aromatic N) is 4. The van der Waals surface area contributed by atoms with E-state index in [4.69, 9.17) is 5.84 Å². The van der Waals surface area contributed by atoms with Gasteiger partial charge in [-0.15, -0.1) is 0 Å². The second-order valence-electron chi connectivity index (χ2n) is 4.08. The fourth-order valence-electron chi connectivity index (χ4n) is 1.57. The van der Waals surface area contributed by atoms with Gasteiger partial charge >= 0.3 is 0 Å². The van der Waals surface area contributed by atoms with E-state index in [1.807, 2.05) is 30.9 Å². The van der Waals surface area contributed by atoms with Crippen molar-refractivity contribution in [3.8, 4) is 0 Å². The van der Waals surface area contributed by atoms with Crippen molar-refractivity contribution in [1.29, 1.82) is 0 Å². The summed E-state index contributed by atoms with van der Waals surface area (Å²) in [6, 6.07) is 0. The zero-order chi connectivity index (χ0) is 13.0. The molecule has 2 aromatic heterocycles. The normalized spacial score (nSPS) is 10.4. The van der Waals surface area contributed by atoms with Crippen molar-refractivity contribution in [2.45, 2.75) is 20.4 Å². The molecule has 96 valence electrons. The van der Waals surface area contributed by atoms with Crippen molar-refractivity contribution >= 4 is 11.8 Å². The first-order valence-corrected chi connectivity index (χ1v) is 5.72. The third-order valence-electron chi connectivity index (χ3n) is 2.50. The minimum atomic E-state index is 0.401. The fraction of sp³-hybridized carbons (Fsp3) is 0.364. The predicted octanol–water partition coefficient (Wildman–Crippen LogP) is 0.688. The second kappa shape index (κ2) is 5.46. The highest BCUT2D eigenvalue weighted by Gasteiger charge is 2.02. The molecule has 0 saturated carbocycles. The lowest BCUT2D eigenvalue weighted by Gasteiger charge is -2.09. The summed E-state index contributed by atoms with van der Waals surface area (Å²) < 4.78 is 1.89. The molecule has 0 saturated heterocycles. The van der Waals surface area contributed by atoms with Crippen molar-refractivity contribution in [2.75, 3.05) is 17.3 Å². The summed E-state index contributed by atoms with van der Waals surface area (Å²) in [6.07, 6.45) is 5.57. The molecule has 0 spiro atoms. The van der Waals surface area contributed by atoms with Crippen molar-refractivity contribution in [3.63, 3.8) is 0 Å². The number of rotatable bonds is 5. The summed E-state index contributed by atoms with van der Waals surface area (Å²) in [7, 11) is 0. The van der Waals surface area contributed by atoms with Crippen LogP contribution in [0.25, 0.3) is 0 Å². The van der Waals surface area contributed by atoms with Gasteiger partial charge in [0.2, 0.25) is 5.95 Å². The number of hydrazine groups is 1. The van der Waals surface area contributed by atoms with Crippen LogP contribution >= 0.6 is 0 Å². The van der Waals surface area contributed by atoms with Crippen molar-refractivity contribution in [3.05, 3.63) is 29.7 Å². The number of hydrogen-bond acceptors (Lipinski definition) is 6. The monoisotopic (exact) mass is 247 g/mol. The van der Waals surface area contributed by atoms with Gasteiger partial charge in [-0.3, -0.25) is 10.1 Å². The van der Waals surface area contributed by atoms with Gasteiger partial charge in [0.05, 0.1) is 12.7 Å². The average molecular weight is 247 g/mol. The van der Waals surface area contributed by atoms with E-state index < -0.39 is 0 Å². The Kier molecular flexibility index (Phi) is 3.73. The third kappa shape index (κ3) is 2.95. The topological polar surface area (TPSA) is 93.7 Å². The number of aromatic nitrogens is 4. The molecule has 18 heavy (non-hydrogen) atoms. The number of nitrogens with two attached hydrogens (primary N) is 1. The Morgan fingerprint density at radius 2 is 2.17 bits per heavy atom. The standard InChI is InChI=1S/C11H17N7/c1-8-5-15-18(7-8)4-3-13-10-9(2)6-14-11(16-10)17-12/h5-7H,3-4,12H2,1-2H3,(H2,13,14,16,17). The van der Waals surface area contributed by atoms with Gasteiger partial charge in [0.1, 0.15) is 5.82 Å². The van der Waals surface area contributed by atoms with Crippen LogP contribution in [0.3, 0.4) is 0 Å². The van der Waals surface area contributed by atoms with Crippen LogP contribution < -0.4 is 16.6 Å². The zero-order valence-corrected chi connectivity index (χ0v) is 10.5. The SMILES string of the molecule is Cc1cnn(CCNc2nc(NN)ncc2C)c1. The minimum absolute atomic E-state index is 0.401.